The Bertz CT molecular complexity index is 1090. The number of aromatic carboxylic acids is 1. The summed E-state index contributed by atoms with van der Waals surface area (Å²) in [5, 5.41) is 10.0. The van der Waals surface area contributed by atoms with E-state index in [1.807, 2.05) is 30.5 Å². The molecule has 0 fully saturated rings. The van der Waals surface area contributed by atoms with Gasteiger partial charge in [0.1, 0.15) is 5.82 Å². The van der Waals surface area contributed by atoms with Crippen LogP contribution in [0.1, 0.15) is 21.5 Å². The van der Waals surface area contributed by atoms with Gasteiger partial charge in [0, 0.05) is 23.6 Å². The highest BCUT2D eigenvalue weighted by Gasteiger charge is 2.21. The minimum absolute atomic E-state index is 0.0399. The standard InChI is InChI=1S/C18H17FN2O4S/c1-11-8-13(9-15(17(11)19)18(22)23)26(24,25)21-7-6-12-10-20-16-5-3-2-4-14(12)16/h2-5,8-10,20-21H,6-7H2,1H3,(H,22,23). The van der Waals surface area contributed by atoms with Gasteiger partial charge in [-0.3, -0.25) is 0 Å². The highest BCUT2D eigenvalue weighted by molar-refractivity contribution is 7.89. The minimum Gasteiger partial charge on any atom is -0.478 e. The molecule has 0 aliphatic carbocycles. The van der Waals surface area contributed by atoms with Gasteiger partial charge in [-0.1, -0.05) is 18.2 Å². The molecule has 136 valence electrons. The molecule has 0 saturated carbocycles. The molecule has 8 heteroatoms. The predicted molar refractivity (Wildman–Crippen MR) is 95.3 cm³/mol. The van der Waals surface area contributed by atoms with Crippen LogP contribution in [0.3, 0.4) is 0 Å². The van der Waals surface area contributed by atoms with Crippen molar-refractivity contribution >= 4 is 26.9 Å². The third-order valence-electron chi connectivity index (χ3n) is 4.13. The summed E-state index contributed by atoms with van der Waals surface area (Å²) in [4.78, 5) is 13.9. The number of nitrogens with one attached hydrogen (secondary N) is 2. The van der Waals surface area contributed by atoms with Crippen molar-refractivity contribution in [2.45, 2.75) is 18.2 Å². The van der Waals surface area contributed by atoms with Crippen molar-refractivity contribution in [3.8, 4) is 0 Å². The summed E-state index contributed by atoms with van der Waals surface area (Å²) in [5.41, 5.74) is 1.22. The van der Waals surface area contributed by atoms with Crippen LogP contribution in [0.2, 0.25) is 0 Å². The van der Waals surface area contributed by atoms with Crippen LogP contribution in [0.25, 0.3) is 10.9 Å². The van der Waals surface area contributed by atoms with E-state index in [9.17, 15) is 17.6 Å². The number of para-hydroxylation sites is 1. The fourth-order valence-electron chi connectivity index (χ4n) is 2.79. The van der Waals surface area contributed by atoms with E-state index in [1.165, 1.54) is 6.92 Å². The maximum Gasteiger partial charge on any atom is 0.338 e. The van der Waals surface area contributed by atoms with Gasteiger partial charge in [-0.05, 0) is 42.7 Å². The molecule has 0 unspecified atom stereocenters. The zero-order valence-electron chi connectivity index (χ0n) is 13.9. The van der Waals surface area contributed by atoms with Crippen molar-refractivity contribution in [2.24, 2.45) is 0 Å². The first-order valence-electron chi connectivity index (χ1n) is 7.87. The third-order valence-corrected chi connectivity index (χ3v) is 5.57. The first kappa shape index (κ1) is 18.1. The van der Waals surface area contributed by atoms with E-state index in [4.69, 9.17) is 5.11 Å². The van der Waals surface area contributed by atoms with Gasteiger partial charge < -0.3 is 10.1 Å². The molecular formula is C18H17FN2O4S. The zero-order chi connectivity index (χ0) is 18.9. The number of carboxylic acid groups (broad SMARTS) is 1. The molecule has 3 N–H and O–H groups in total. The third kappa shape index (κ3) is 3.47. The SMILES string of the molecule is Cc1cc(S(=O)(=O)NCCc2c[nH]c3ccccc23)cc(C(=O)O)c1F. The van der Waals surface area contributed by atoms with Gasteiger partial charge in [0.15, 0.2) is 0 Å². The number of rotatable bonds is 6. The molecule has 0 saturated heterocycles. The summed E-state index contributed by atoms with van der Waals surface area (Å²) in [6.07, 6.45) is 2.28. The largest absolute Gasteiger partial charge is 0.478 e. The number of sulfonamides is 1. The summed E-state index contributed by atoms with van der Waals surface area (Å²) in [7, 11) is -3.95. The zero-order valence-corrected chi connectivity index (χ0v) is 14.7. The first-order chi connectivity index (χ1) is 12.3. The van der Waals surface area contributed by atoms with Gasteiger partial charge in [-0.25, -0.2) is 22.3 Å². The number of carboxylic acids is 1. The fraction of sp³-hybridized carbons (Fsp3) is 0.167. The number of fused-ring (bicyclic) bond motifs is 1. The molecule has 3 rings (SSSR count). The smallest absolute Gasteiger partial charge is 0.338 e. The normalized spacial score (nSPS) is 11.8. The second kappa shape index (κ2) is 6.89. The van der Waals surface area contributed by atoms with Gasteiger partial charge in [-0.15, -0.1) is 0 Å². The maximum atomic E-state index is 13.8. The number of H-pyrrole nitrogens is 1. The Labute approximate surface area is 149 Å². The second-order valence-electron chi connectivity index (χ2n) is 5.91. The highest BCUT2D eigenvalue weighted by atomic mass is 32.2. The minimum atomic E-state index is -3.95. The first-order valence-corrected chi connectivity index (χ1v) is 9.36. The number of aromatic amines is 1. The van der Waals surface area contributed by atoms with Crippen LogP contribution in [0.15, 0.2) is 47.5 Å². The number of halogens is 1. The Balaban J connectivity index is 1.78. The summed E-state index contributed by atoms with van der Waals surface area (Å²) in [5.74, 6) is -2.45. The lowest BCUT2D eigenvalue weighted by atomic mass is 10.1. The molecule has 26 heavy (non-hydrogen) atoms. The van der Waals surface area contributed by atoms with Gasteiger partial charge in [0.25, 0.3) is 0 Å². The van der Waals surface area contributed by atoms with Crippen LogP contribution in [-0.2, 0) is 16.4 Å². The average molecular weight is 376 g/mol. The van der Waals surface area contributed by atoms with Crippen molar-refractivity contribution in [1.82, 2.24) is 9.71 Å². The van der Waals surface area contributed by atoms with Crippen LogP contribution in [-0.4, -0.2) is 31.0 Å². The van der Waals surface area contributed by atoms with E-state index in [0.29, 0.717) is 6.42 Å². The quantitative estimate of drug-likeness (QED) is 0.616. The molecule has 1 heterocycles. The summed E-state index contributed by atoms with van der Waals surface area (Å²) >= 11 is 0. The van der Waals surface area contributed by atoms with Crippen molar-refractivity contribution in [2.75, 3.05) is 6.54 Å². The van der Waals surface area contributed by atoms with Gasteiger partial charge in [0.05, 0.1) is 10.5 Å². The van der Waals surface area contributed by atoms with Crippen molar-refractivity contribution in [1.29, 1.82) is 0 Å². The van der Waals surface area contributed by atoms with Crippen LogP contribution in [0.4, 0.5) is 4.39 Å². The van der Waals surface area contributed by atoms with Crippen molar-refractivity contribution in [3.63, 3.8) is 0 Å². The van der Waals surface area contributed by atoms with Crippen molar-refractivity contribution < 1.29 is 22.7 Å². The number of benzene rings is 2. The number of carbonyl (C=O) groups is 1. The monoisotopic (exact) mass is 376 g/mol. The highest BCUT2D eigenvalue weighted by Crippen LogP contribution is 2.20. The van der Waals surface area contributed by atoms with E-state index in [1.54, 1.807) is 0 Å². The van der Waals surface area contributed by atoms with E-state index in [2.05, 4.69) is 9.71 Å². The molecule has 0 aliphatic rings. The molecule has 1 aromatic heterocycles. The number of hydrogen-bond donors (Lipinski definition) is 3. The van der Waals surface area contributed by atoms with E-state index in [0.717, 1.165) is 28.6 Å². The van der Waals surface area contributed by atoms with Crippen LogP contribution in [0.5, 0.6) is 0 Å². The Morgan fingerprint density at radius 3 is 2.73 bits per heavy atom. The fourth-order valence-corrected chi connectivity index (χ4v) is 3.93. The average Bonchev–Trinajstić information content (AvgIpc) is 3.00. The summed E-state index contributed by atoms with van der Waals surface area (Å²) < 4.78 is 41.1. The Morgan fingerprint density at radius 1 is 1.27 bits per heavy atom. The lowest BCUT2D eigenvalue weighted by Crippen LogP contribution is -2.26. The van der Waals surface area contributed by atoms with Crippen LogP contribution < -0.4 is 4.72 Å². The van der Waals surface area contributed by atoms with E-state index < -0.39 is 27.4 Å². The number of hydrogen-bond acceptors (Lipinski definition) is 3. The number of aryl methyl sites for hydroxylation is 1. The molecule has 0 spiro atoms. The maximum absolute atomic E-state index is 13.8. The topological polar surface area (TPSA) is 99.3 Å². The summed E-state index contributed by atoms with van der Waals surface area (Å²) in [6.45, 7) is 1.45. The lowest BCUT2D eigenvalue weighted by Gasteiger charge is -2.09. The molecule has 0 atom stereocenters. The second-order valence-corrected chi connectivity index (χ2v) is 7.68. The van der Waals surface area contributed by atoms with Crippen LogP contribution in [0, 0.1) is 12.7 Å². The molecule has 3 aromatic rings. The Hall–Kier alpha value is -2.71. The predicted octanol–water partition coefficient (Wildman–Crippen LogP) is 2.83. The van der Waals surface area contributed by atoms with Crippen molar-refractivity contribution in [3.05, 3.63) is 65.1 Å². The number of aromatic nitrogens is 1. The molecular weight excluding hydrogens is 359 g/mol. The summed E-state index contributed by atoms with van der Waals surface area (Å²) in [6, 6.07) is 9.63. The molecule has 0 aliphatic heterocycles. The molecule has 6 nitrogen and oxygen atoms in total. The molecule has 2 aromatic carbocycles. The van der Waals surface area contributed by atoms with Gasteiger partial charge >= 0.3 is 5.97 Å². The van der Waals surface area contributed by atoms with E-state index in [-0.39, 0.29) is 17.0 Å². The molecule has 0 amide bonds. The van der Waals surface area contributed by atoms with E-state index >= 15 is 0 Å². The Kier molecular flexibility index (Phi) is 4.80. The molecule has 0 bridgehead atoms. The van der Waals surface area contributed by atoms with Gasteiger partial charge in [0.2, 0.25) is 10.0 Å². The molecule has 0 radical (unpaired) electrons. The Morgan fingerprint density at radius 2 is 2.00 bits per heavy atom. The lowest BCUT2D eigenvalue weighted by molar-refractivity contribution is 0.0691. The van der Waals surface area contributed by atoms with Crippen LogP contribution >= 0.6 is 0 Å². The van der Waals surface area contributed by atoms with Gasteiger partial charge in [-0.2, -0.15) is 0 Å².